The number of amides is 1. The van der Waals surface area contributed by atoms with Crippen LogP contribution in [0.4, 0.5) is 29.2 Å². The monoisotopic (exact) mass is 637 g/mol. The molecule has 2 aromatic heterocycles. The number of piperidine rings is 2. The van der Waals surface area contributed by atoms with E-state index in [9.17, 15) is 22.4 Å². The van der Waals surface area contributed by atoms with Crippen LogP contribution in [-0.4, -0.2) is 51.6 Å². The van der Waals surface area contributed by atoms with E-state index in [2.05, 4.69) is 30.1 Å². The average molecular weight is 639 g/mol. The number of imidazole rings is 1. The van der Waals surface area contributed by atoms with E-state index < -0.39 is 17.6 Å². The number of rotatable bonds is 4. The van der Waals surface area contributed by atoms with Gasteiger partial charge in [0.1, 0.15) is 29.6 Å². The molecule has 2 N–H and O–H groups in total. The van der Waals surface area contributed by atoms with Crippen LogP contribution in [-0.2, 0) is 17.4 Å². The number of carbonyl (C=O) groups is 1. The molecule has 0 spiro atoms. The number of fused-ring (bicyclic) bond motifs is 1. The van der Waals surface area contributed by atoms with Crippen molar-refractivity contribution >= 4 is 54.8 Å². The molecule has 0 unspecified atom stereocenters. The zero-order valence-corrected chi connectivity index (χ0v) is 24.2. The molecule has 1 aromatic carbocycles. The number of hydrogen-bond acceptors (Lipinski definition) is 6. The Hall–Kier alpha value is -2.67. The van der Waals surface area contributed by atoms with Crippen LogP contribution in [0, 0.1) is 5.82 Å². The van der Waals surface area contributed by atoms with E-state index in [1.165, 1.54) is 12.4 Å². The molecular weight excluding hydrogens is 609 g/mol. The number of anilines is 2. The Kier molecular flexibility index (Phi) is 10.5. The molecule has 0 radical (unpaired) electrons. The molecule has 3 aromatic rings. The lowest BCUT2D eigenvalue weighted by molar-refractivity contribution is -0.140. The van der Waals surface area contributed by atoms with Gasteiger partial charge < -0.3 is 20.1 Å². The number of carbonyl (C=O) groups excluding carboxylic acids is 1. The number of halogens is 7. The molecule has 3 aliphatic heterocycles. The predicted octanol–water partition coefficient (Wildman–Crippen LogP) is 5.57. The maximum Gasteiger partial charge on any atom is 0.419 e. The van der Waals surface area contributed by atoms with E-state index >= 15 is 0 Å². The summed E-state index contributed by atoms with van der Waals surface area (Å²) in [6.07, 6.45) is 2.23. The number of benzene rings is 1. The second kappa shape index (κ2) is 13.1. The fourth-order valence-electron chi connectivity index (χ4n) is 5.75. The molecule has 2 saturated heterocycles. The summed E-state index contributed by atoms with van der Waals surface area (Å²) in [7, 11) is 0. The van der Waals surface area contributed by atoms with Gasteiger partial charge in [0.05, 0.1) is 17.7 Å². The predicted molar refractivity (Wildman–Crippen MR) is 154 cm³/mol. The van der Waals surface area contributed by atoms with E-state index in [1.54, 1.807) is 0 Å². The first-order chi connectivity index (χ1) is 18.3. The molecule has 224 valence electrons. The number of alkyl halides is 3. The zero-order chi connectivity index (χ0) is 26.4. The summed E-state index contributed by atoms with van der Waals surface area (Å²) in [5.74, 6) is 0.873. The number of aromatic nitrogens is 4. The van der Waals surface area contributed by atoms with Crippen molar-refractivity contribution in [3.8, 4) is 11.3 Å². The molecular formula is C26H30Cl3F4N7O. The smallest absolute Gasteiger partial charge is 0.356 e. The summed E-state index contributed by atoms with van der Waals surface area (Å²) in [5, 5.41) is 6.16. The van der Waals surface area contributed by atoms with Gasteiger partial charge in [-0.05, 0) is 50.4 Å². The van der Waals surface area contributed by atoms with Gasteiger partial charge in [-0.1, -0.05) is 0 Å². The third kappa shape index (κ3) is 6.55. The molecule has 6 rings (SSSR count). The topological polar surface area (TPSA) is 88.0 Å². The Morgan fingerprint density at radius 3 is 2.46 bits per heavy atom. The van der Waals surface area contributed by atoms with Crippen LogP contribution in [0.5, 0.6) is 0 Å². The molecule has 0 saturated carbocycles. The van der Waals surface area contributed by atoms with E-state index in [-0.39, 0.29) is 67.1 Å². The summed E-state index contributed by atoms with van der Waals surface area (Å²) in [6.45, 7) is 3.08. The van der Waals surface area contributed by atoms with Gasteiger partial charge in [-0.2, -0.15) is 13.2 Å². The first-order valence-electron chi connectivity index (χ1n) is 12.8. The van der Waals surface area contributed by atoms with Crippen LogP contribution in [0.2, 0.25) is 0 Å². The summed E-state index contributed by atoms with van der Waals surface area (Å²) < 4.78 is 56.2. The third-order valence-electron chi connectivity index (χ3n) is 7.67. The molecule has 2 fully saturated rings. The van der Waals surface area contributed by atoms with Crippen LogP contribution in [0.1, 0.15) is 54.6 Å². The van der Waals surface area contributed by atoms with Crippen molar-refractivity contribution in [1.29, 1.82) is 0 Å². The van der Waals surface area contributed by atoms with Gasteiger partial charge in [-0.3, -0.25) is 4.79 Å². The fraction of sp³-hybridized carbons (Fsp3) is 0.462. The largest absolute Gasteiger partial charge is 0.419 e. The summed E-state index contributed by atoms with van der Waals surface area (Å²) in [5.41, 5.74) is 0.180. The molecule has 3 aliphatic rings. The van der Waals surface area contributed by atoms with Gasteiger partial charge in [0.25, 0.3) is 0 Å². The Bertz CT molecular complexity index is 1370. The van der Waals surface area contributed by atoms with E-state index in [0.717, 1.165) is 68.1 Å². The van der Waals surface area contributed by atoms with Gasteiger partial charge in [-0.15, -0.1) is 37.2 Å². The molecule has 41 heavy (non-hydrogen) atoms. The highest BCUT2D eigenvalue weighted by Gasteiger charge is 2.35. The van der Waals surface area contributed by atoms with Gasteiger partial charge in [0, 0.05) is 48.9 Å². The summed E-state index contributed by atoms with van der Waals surface area (Å²) in [4.78, 5) is 27.5. The standard InChI is InChI=1S/C26H27F4N7O.3ClH/c27-20-4-3-16(10-19(20)26(28,29)30)21-13-37(17-2-1-7-31-12-17)24(34-21)15-5-8-36(9-6-15)25-18-11-22(38)35-23(18)32-14-33-25;;;/h3-4,10,13-15,17,31H,1-2,5-9,11-12H2,(H,32,33,35,38);3*1H/t17-;;;/m1.../s1. The highest BCUT2D eigenvalue weighted by Crippen LogP contribution is 2.38. The maximum atomic E-state index is 13.9. The number of nitrogens with one attached hydrogen (secondary N) is 2. The number of hydrogen-bond donors (Lipinski definition) is 2. The van der Waals surface area contributed by atoms with E-state index in [0.29, 0.717) is 24.6 Å². The van der Waals surface area contributed by atoms with Gasteiger partial charge in [0.15, 0.2) is 0 Å². The minimum Gasteiger partial charge on any atom is -0.356 e. The SMILES string of the molecule is Cl.Cl.Cl.O=C1Cc2c(ncnc2N2CCC(c3nc(-c4ccc(F)c(C(F)(F)F)c4)cn3[C@@H]3CCCNC3)CC2)N1. The summed E-state index contributed by atoms with van der Waals surface area (Å²) >= 11 is 0. The Morgan fingerprint density at radius 2 is 1.78 bits per heavy atom. The Balaban J connectivity index is 0.00000154. The van der Waals surface area contributed by atoms with E-state index in [1.807, 2.05) is 6.20 Å². The van der Waals surface area contributed by atoms with Gasteiger partial charge >= 0.3 is 6.18 Å². The molecule has 0 aliphatic carbocycles. The lowest BCUT2D eigenvalue weighted by Crippen LogP contribution is -2.36. The van der Waals surface area contributed by atoms with Crippen molar-refractivity contribution < 1.29 is 22.4 Å². The minimum absolute atomic E-state index is 0. The van der Waals surface area contributed by atoms with Crippen LogP contribution >= 0.6 is 37.2 Å². The van der Waals surface area contributed by atoms with Crippen molar-refractivity contribution in [3.05, 3.63) is 53.5 Å². The molecule has 0 bridgehead atoms. The fourth-order valence-corrected chi connectivity index (χ4v) is 5.75. The first kappa shape index (κ1) is 32.8. The zero-order valence-electron chi connectivity index (χ0n) is 21.8. The Morgan fingerprint density at radius 1 is 1.02 bits per heavy atom. The van der Waals surface area contributed by atoms with Crippen molar-refractivity contribution in [2.75, 3.05) is 36.4 Å². The molecule has 1 atom stereocenters. The third-order valence-corrected chi connectivity index (χ3v) is 7.67. The van der Waals surface area contributed by atoms with Gasteiger partial charge in [-0.25, -0.2) is 19.3 Å². The van der Waals surface area contributed by atoms with Crippen molar-refractivity contribution in [2.24, 2.45) is 0 Å². The second-order valence-electron chi connectivity index (χ2n) is 10.1. The summed E-state index contributed by atoms with van der Waals surface area (Å²) in [6, 6.07) is 3.20. The lowest BCUT2D eigenvalue weighted by Gasteiger charge is -2.34. The average Bonchev–Trinajstić information content (AvgIpc) is 3.52. The quantitative estimate of drug-likeness (QED) is 0.364. The van der Waals surface area contributed by atoms with Gasteiger partial charge in [0.2, 0.25) is 5.91 Å². The lowest BCUT2D eigenvalue weighted by atomic mass is 9.94. The van der Waals surface area contributed by atoms with Crippen molar-refractivity contribution in [3.63, 3.8) is 0 Å². The van der Waals surface area contributed by atoms with E-state index in [4.69, 9.17) is 4.98 Å². The molecule has 15 heteroatoms. The van der Waals surface area contributed by atoms with Crippen molar-refractivity contribution in [2.45, 2.75) is 50.2 Å². The number of nitrogens with zero attached hydrogens (tertiary/aromatic N) is 5. The Labute approximate surface area is 252 Å². The minimum atomic E-state index is -4.78. The van der Waals surface area contributed by atoms with Crippen molar-refractivity contribution in [1.82, 2.24) is 24.8 Å². The van der Waals surface area contributed by atoms with Crippen LogP contribution in [0.3, 0.4) is 0 Å². The maximum absolute atomic E-state index is 13.9. The van der Waals surface area contributed by atoms with Crippen LogP contribution in [0.15, 0.2) is 30.7 Å². The first-order valence-corrected chi connectivity index (χ1v) is 12.8. The van der Waals surface area contributed by atoms with Crippen LogP contribution < -0.4 is 15.5 Å². The molecule has 1 amide bonds. The normalized spacial score (nSPS) is 19.0. The van der Waals surface area contributed by atoms with Crippen LogP contribution in [0.25, 0.3) is 11.3 Å². The highest BCUT2D eigenvalue weighted by molar-refractivity contribution is 5.99. The second-order valence-corrected chi connectivity index (χ2v) is 10.1. The molecule has 5 heterocycles. The highest BCUT2D eigenvalue weighted by atomic mass is 35.5. The molecule has 8 nitrogen and oxygen atoms in total.